The van der Waals surface area contributed by atoms with Crippen LogP contribution in [0.1, 0.15) is 43.5 Å². The third-order valence-corrected chi connectivity index (χ3v) is 5.67. The number of nitrogens with one attached hydrogen (secondary N) is 1. The number of nitrogens with zero attached hydrogens (tertiary/aromatic N) is 4. The molecule has 7 heteroatoms. The highest BCUT2D eigenvalue weighted by atomic mass is 32.1. The molecule has 1 aliphatic rings. The second-order valence-electron chi connectivity index (χ2n) is 6.58. The molecule has 0 aromatic carbocycles. The molecule has 24 heavy (non-hydrogen) atoms. The number of rotatable bonds is 8. The van der Waals surface area contributed by atoms with E-state index in [1.165, 1.54) is 12.8 Å². The Bertz CT molecular complexity index is 543. The van der Waals surface area contributed by atoms with Crippen LogP contribution < -0.4 is 5.32 Å². The summed E-state index contributed by atoms with van der Waals surface area (Å²) >= 11 is 1.65. The summed E-state index contributed by atoms with van der Waals surface area (Å²) in [7, 11) is 7.80. The topological polar surface area (TPSA) is 53.0 Å². The lowest BCUT2D eigenvalue weighted by Crippen LogP contribution is -2.45. The summed E-state index contributed by atoms with van der Waals surface area (Å²) in [5.74, 6) is 0.903. The van der Waals surface area contributed by atoms with Crippen molar-refractivity contribution in [3.05, 3.63) is 16.1 Å². The summed E-state index contributed by atoms with van der Waals surface area (Å²) in [6.45, 7) is 5.91. The quantitative estimate of drug-likeness (QED) is 0.574. The second-order valence-corrected chi connectivity index (χ2v) is 7.47. The van der Waals surface area contributed by atoms with Crippen molar-refractivity contribution in [1.82, 2.24) is 20.1 Å². The predicted molar refractivity (Wildman–Crippen MR) is 101 cm³/mol. The summed E-state index contributed by atoms with van der Waals surface area (Å²) in [6.07, 6.45) is 2.72. The number of thiazole rings is 1. The highest BCUT2D eigenvalue weighted by Gasteiger charge is 2.29. The first-order valence-corrected chi connectivity index (χ1v) is 9.45. The monoisotopic (exact) mass is 353 g/mol. The molecule has 1 fully saturated rings. The summed E-state index contributed by atoms with van der Waals surface area (Å²) in [5, 5.41) is 6.59. The van der Waals surface area contributed by atoms with Crippen LogP contribution in [0.5, 0.6) is 0 Å². The largest absolute Gasteiger partial charge is 0.375 e. The third kappa shape index (κ3) is 5.16. The molecule has 1 aromatic rings. The Morgan fingerprint density at radius 1 is 1.46 bits per heavy atom. The van der Waals surface area contributed by atoms with Gasteiger partial charge in [0.1, 0.15) is 11.1 Å². The van der Waals surface area contributed by atoms with E-state index < -0.39 is 0 Å². The van der Waals surface area contributed by atoms with Crippen molar-refractivity contribution in [2.75, 3.05) is 34.8 Å². The molecule has 0 aliphatic heterocycles. The van der Waals surface area contributed by atoms with Crippen LogP contribution in [0.15, 0.2) is 10.4 Å². The van der Waals surface area contributed by atoms with Crippen LogP contribution in [0.25, 0.3) is 0 Å². The molecule has 2 atom stereocenters. The van der Waals surface area contributed by atoms with Crippen LogP contribution in [0.3, 0.4) is 0 Å². The molecule has 0 radical (unpaired) electrons. The molecular formula is C17H31N5OS. The molecular weight excluding hydrogens is 322 g/mol. The molecule has 136 valence electrons. The smallest absolute Gasteiger partial charge is 0.193 e. The van der Waals surface area contributed by atoms with Crippen molar-refractivity contribution in [2.24, 2.45) is 4.99 Å². The molecule has 2 unspecified atom stereocenters. The average Bonchev–Trinajstić information content (AvgIpc) is 3.33. The number of guanidine groups is 1. The minimum atomic E-state index is 0.0466. The highest BCUT2D eigenvalue weighted by Crippen LogP contribution is 2.26. The predicted octanol–water partition coefficient (Wildman–Crippen LogP) is 2.34. The fraction of sp³-hybridized carbons (Fsp3) is 0.765. The van der Waals surface area contributed by atoms with E-state index in [2.05, 4.69) is 44.4 Å². The van der Waals surface area contributed by atoms with Gasteiger partial charge in [-0.2, -0.15) is 0 Å². The maximum atomic E-state index is 5.33. The summed E-state index contributed by atoms with van der Waals surface area (Å²) in [4.78, 5) is 13.6. The Kier molecular flexibility index (Phi) is 7.01. The number of hydrogen-bond donors (Lipinski definition) is 1. The zero-order chi connectivity index (χ0) is 17.7. The Labute approximate surface area is 149 Å². The van der Waals surface area contributed by atoms with Gasteiger partial charge in [0.15, 0.2) is 5.96 Å². The number of ether oxygens (including phenoxy) is 1. The lowest BCUT2D eigenvalue weighted by atomic mass is 10.3. The zero-order valence-corrected chi connectivity index (χ0v) is 16.6. The normalized spacial score (nSPS) is 17.9. The molecule has 1 aromatic heterocycles. The average molecular weight is 354 g/mol. The molecule has 0 spiro atoms. The van der Waals surface area contributed by atoms with E-state index in [1.54, 1.807) is 18.4 Å². The molecule has 0 bridgehead atoms. The Morgan fingerprint density at radius 3 is 2.75 bits per heavy atom. The van der Waals surface area contributed by atoms with Crippen molar-refractivity contribution in [1.29, 1.82) is 0 Å². The first-order valence-electron chi connectivity index (χ1n) is 8.57. The Hall–Kier alpha value is -1.18. The maximum absolute atomic E-state index is 5.33. The number of aromatic nitrogens is 1. The van der Waals surface area contributed by atoms with E-state index in [9.17, 15) is 0 Å². The minimum absolute atomic E-state index is 0.0466. The molecule has 2 rings (SSSR count). The van der Waals surface area contributed by atoms with E-state index in [4.69, 9.17) is 4.74 Å². The Balaban J connectivity index is 1.84. The van der Waals surface area contributed by atoms with E-state index in [0.29, 0.717) is 6.04 Å². The van der Waals surface area contributed by atoms with Gasteiger partial charge in [0.05, 0.1) is 12.2 Å². The fourth-order valence-corrected chi connectivity index (χ4v) is 3.45. The van der Waals surface area contributed by atoms with Gasteiger partial charge in [-0.15, -0.1) is 11.3 Å². The van der Waals surface area contributed by atoms with Crippen LogP contribution in [-0.2, 0) is 11.3 Å². The standard InChI is InChI=1S/C17H31N5OS/c1-12(22(5)15-7-8-15)9-19-17(18-3)21(4)10-14-11-24-16(20-14)13(2)23-6/h11-13,15H,7-10H2,1-6H3,(H,18,19). The van der Waals surface area contributed by atoms with E-state index in [-0.39, 0.29) is 6.10 Å². The SMILES string of the molecule is CN=C(NCC(C)N(C)C1CC1)N(C)Cc1csc(C(C)OC)n1. The lowest BCUT2D eigenvalue weighted by molar-refractivity contribution is 0.119. The highest BCUT2D eigenvalue weighted by molar-refractivity contribution is 7.09. The van der Waals surface area contributed by atoms with Crippen molar-refractivity contribution in [2.45, 2.75) is 51.4 Å². The minimum Gasteiger partial charge on any atom is -0.375 e. The maximum Gasteiger partial charge on any atom is 0.193 e. The van der Waals surface area contributed by atoms with Crippen molar-refractivity contribution in [3.8, 4) is 0 Å². The third-order valence-electron chi connectivity index (χ3n) is 4.62. The van der Waals surface area contributed by atoms with Crippen LogP contribution in [-0.4, -0.2) is 67.6 Å². The van der Waals surface area contributed by atoms with Crippen molar-refractivity contribution in [3.63, 3.8) is 0 Å². The zero-order valence-electron chi connectivity index (χ0n) is 15.7. The van der Waals surface area contributed by atoms with Gasteiger partial charge in [0, 0.05) is 45.2 Å². The van der Waals surface area contributed by atoms with Gasteiger partial charge >= 0.3 is 0 Å². The van der Waals surface area contributed by atoms with Gasteiger partial charge in [0.25, 0.3) is 0 Å². The van der Waals surface area contributed by atoms with Gasteiger partial charge in [-0.05, 0) is 33.7 Å². The fourth-order valence-electron chi connectivity index (χ4n) is 2.61. The number of methoxy groups -OCH3 is 1. The molecule has 0 saturated heterocycles. The summed E-state index contributed by atoms with van der Waals surface area (Å²) < 4.78 is 5.33. The van der Waals surface area contributed by atoms with Crippen molar-refractivity contribution >= 4 is 17.3 Å². The molecule has 1 N–H and O–H groups in total. The van der Waals surface area contributed by atoms with E-state index in [0.717, 1.165) is 35.8 Å². The van der Waals surface area contributed by atoms with Gasteiger partial charge in [-0.3, -0.25) is 9.89 Å². The van der Waals surface area contributed by atoms with Gasteiger partial charge < -0.3 is 15.0 Å². The summed E-state index contributed by atoms with van der Waals surface area (Å²) in [6, 6.07) is 1.27. The molecule has 1 saturated carbocycles. The molecule has 1 aliphatic carbocycles. The summed E-state index contributed by atoms with van der Waals surface area (Å²) in [5.41, 5.74) is 1.05. The second kappa shape index (κ2) is 8.78. The number of aliphatic imine (C=N–C) groups is 1. The van der Waals surface area contributed by atoms with Crippen LogP contribution in [0.2, 0.25) is 0 Å². The number of hydrogen-bond acceptors (Lipinski definition) is 5. The Morgan fingerprint density at radius 2 is 2.17 bits per heavy atom. The van der Waals surface area contributed by atoms with Gasteiger partial charge in [-0.1, -0.05) is 0 Å². The molecule has 0 amide bonds. The van der Waals surface area contributed by atoms with Crippen molar-refractivity contribution < 1.29 is 4.74 Å². The molecule has 1 heterocycles. The number of likely N-dealkylation sites (N-methyl/N-ethyl adjacent to an activating group) is 1. The van der Waals surface area contributed by atoms with Crippen LogP contribution in [0.4, 0.5) is 0 Å². The van der Waals surface area contributed by atoms with E-state index >= 15 is 0 Å². The lowest BCUT2D eigenvalue weighted by Gasteiger charge is -2.27. The first kappa shape index (κ1) is 19.1. The van der Waals surface area contributed by atoms with Gasteiger partial charge in [0.2, 0.25) is 0 Å². The van der Waals surface area contributed by atoms with E-state index in [1.807, 2.05) is 21.0 Å². The van der Waals surface area contributed by atoms with Gasteiger partial charge in [-0.25, -0.2) is 4.98 Å². The van der Waals surface area contributed by atoms with Crippen LogP contribution in [0, 0.1) is 0 Å². The van der Waals surface area contributed by atoms with Crippen LogP contribution >= 0.6 is 11.3 Å². The molecule has 6 nitrogen and oxygen atoms in total. The first-order chi connectivity index (χ1) is 11.5.